The summed E-state index contributed by atoms with van der Waals surface area (Å²) < 4.78 is 0. The van der Waals surface area contributed by atoms with Gasteiger partial charge in [-0.1, -0.05) is 33.1 Å². The summed E-state index contributed by atoms with van der Waals surface area (Å²) in [6.07, 6.45) is 10.00. The normalized spacial score (nSPS) is 20.3. The van der Waals surface area contributed by atoms with Gasteiger partial charge < -0.3 is 10.3 Å². The molecular weight excluding hydrogens is 226 g/mol. The van der Waals surface area contributed by atoms with Crippen molar-refractivity contribution in [3.05, 3.63) is 18.2 Å². The molecule has 1 saturated carbocycles. The Morgan fingerprint density at radius 2 is 2.22 bits per heavy atom. The summed E-state index contributed by atoms with van der Waals surface area (Å²) in [6, 6.07) is 0.00579. The van der Waals surface area contributed by atoms with Crippen LogP contribution in [-0.2, 0) is 4.79 Å². The fourth-order valence-corrected chi connectivity index (χ4v) is 2.72. The predicted molar refractivity (Wildman–Crippen MR) is 71.0 cm³/mol. The number of rotatable bonds is 4. The van der Waals surface area contributed by atoms with Gasteiger partial charge >= 0.3 is 0 Å². The highest BCUT2D eigenvalue weighted by atomic mass is 16.2. The Kier molecular flexibility index (Phi) is 4.04. The van der Waals surface area contributed by atoms with Gasteiger partial charge in [0.05, 0.1) is 6.04 Å². The molecule has 1 fully saturated rings. The summed E-state index contributed by atoms with van der Waals surface area (Å²) >= 11 is 0. The number of carbonyl (C=O) groups is 1. The number of carbonyl (C=O) groups excluding carboxylic acids is 1. The number of imidazole rings is 1. The molecule has 1 aromatic rings. The molecule has 4 heteroatoms. The van der Waals surface area contributed by atoms with E-state index in [0.717, 1.165) is 25.1 Å². The minimum absolute atomic E-state index is 0.00579. The maximum absolute atomic E-state index is 12.4. The van der Waals surface area contributed by atoms with Crippen molar-refractivity contribution in [2.75, 3.05) is 0 Å². The van der Waals surface area contributed by atoms with Gasteiger partial charge in [0, 0.05) is 17.8 Å². The molecular formula is C14H23N3O. The van der Waals surface area contributed by atoms with Crippen molar-refractivity contribution in [3.63, 3.8) is 0 Å². The summed E-state index contributed by atoms with van der Waals surface area (Å²) in [4.78, 5) is 19.8. The molecule has 0 aromatic carbocycles. The molecule has 0 aliphatic heterocycles. The molecule has 0 bridgehead atoms. The Morgan fingerprint density at radius 1 is 1.50 bits per heavy atom. The van der Waals surface area contributed by atoms with Gasteiger partial charge in [0.25, 0.3) is 0 Å². The average molecular weight is 249 g/mol. The van der Waals surface area contributed by atoms with Crippen LogP contribution in [0.2, 0.25) is 0 Å². The van der Waals surface area contributed by atoms with Crippen LogP contribution in [0.3, 0.4) is 0 Å². The first kappa shape index (κ1) is 13.1. The zero-order valence-electron chi connectivity index (χ0n) is 11.3. The van der Waals surface area contributed by atoms with E-state index in [2.05, 4.69) is 29.1 Å². The maximum atomic E-state index is 12.4. The van der Waals surface area contributed by atoms with Gasteiger partial charge in [0.1, 0.15) is 5.82 Å². The molecule has 1 aliphatic rings. The van der Waals surface area contributed by atoms with Crippen LogP contribution in [-0.4, -0.2) is 15.9 Å². The first-order valence-electron chi connectivity index (χ1n) is 6.96. The minimum Gasteiger partial charge on any atom is -0.347 e. The Hall–Kier alpha value is -1.32. The van der Waals surface area contributed by atoms with Crippen LogP contribution in [0.4, 0.5) is 0 Å². The first-order valence-corrected chi connectivity index (χ1v) is 6.96. The van der Waals surface area contributed by atoms with E-state index in [9.17, 15) is 4.79 Å². The first-order chi connectivity index (χ1) is 8.65. The standard InChI is InChI=1S/C14H23N3O/c1-3-11(12-15-9-10-16-12)17-13(18)14(2)7-5-4-6-8-14/h9-11H,3-8H2,1-2H3,(H,15,16)(H,17,18). The van der Waals surface area contributed by atoms with Crippen molar-refractivity contribution in [3.8, 4) is 0 Å². The molecule has 2 rings (SSSR count). The summed E-state index contributed by atoms with van der Waals surface area (Å²) in [5.41, 5.74) is -0.182. The van der Waals surface area contributed by atoms with E-state index in [1.165, 1.54) is 19.3 Å². The third-order valence-corrected chi connectivity index (χ3v) is 4.07. The van der Waals surface area contributed by atoms with Crippen molar-refractivity contribution in [2.45, 2.75) is 58.4 Å². The predicted octanol–water partition coefficient (Wildman–Crippen LogP) is 2.95. The fraction of sp³-hybridized carbons (Fsp3) is 0.714. The van der Waals surface area contributed by atoms with Crippen LogP contribution >= 0.6 is 0 Å². The molecule has 2 N–H and O–H groups in total. The van der Waals surface area contributed by atoms with E-state index >= 15 is 0 Å². The van der Waals surface area contributed by atoms with E-state index in [0.29, 0.717) is 0 Å². The molecule has 0 spiro atoms. The Bertz CT molecular complexity index is 380. The molecule has 100 valence electrons. The lowest BCUT2D eigenvalue weighted by molar-refractivity contribution is -0.132. The number of hydrogen-bond donors (Lipinski definition) is 2. The van der Waals surface area contributed by atoms with Crippen LogP contribution in [0.25, 0.3) is 0 Å². The Balaban J connectivity index is 2.01. The van der Waals surface area contributed by atoms with Gasteiger partial charge in [-0.25, -0.2) is 4.98 Å². The smallest absolute Gasteiger partial charge is 0.226 e. The van der Waals surface area contributed by atoms with Crippen LogP contribution in [0.15, 0.2) is 12.4 Å². The number of amides is 1. The van der Waals surface area contributed by atoms with Gasteiger partial charge in [-0.3, -0.25) is 4.79 Å². The molecule has 18 heavy (non-hydrogen) atoms. The number of H-pyrrole nitrogens is 1. The highest BCUT2D eigenvalue weighted by molar-refractivity contribution is 5.82. The quantitative estimate of drug-likeness (QED) is 0.862. The number of aromatic nitrogens is 2. The molecule has 1 atom stereocenters. The fourth-order valence-electron chi connectivity index (χ4n) is 2.72. The second kappa shape index (κ2) is 5.55. The molecule has 1 heterocycles. The number of nitrogens with zero attached hydrogens (tertiary/aromatic N) is 1. The highest BCUT2D eigenvalue weighted by Gasteiger charge is 2.35. The SMILES string of the molecule is CCC(NC(=O)C1(C)CCCCC1)c1ncc[nH]1. The molecule has 1 amide bonds. The third-order valence-electron chi connectivity index (χ3n) is 4.07. The number of hydrogen-bond acceptors (Lipinski definition) is 2. The molecule has 1 unspecified atom stereocenters. The molecule has 0 saturated heterocycles. The van der Waals surface area contributed by atoms with Gasteiger partial charge in [0.15, 0.2) is 0 Å². The van der Waals surface area contributed by atoms with Gasteiger partial charge in [-0.15, -0.1) is 0 Å². The minimum atomic E-state index is -0.182. The lowest BCUT2D eigenvalue weighted by Crippen LogP contribution is -2.42. The summed E-state index contributed by atoms with van der Waals surface area (Å²) in [7, 11) is 0. The van der Waals surface area contributed by atoms with E-state index in [4.69, 9.17) is 0 Å². The second-order valence-corrected chi connectivity index (χ2v) is 5.53. The molecule has 1 aliphatic carbocycles. The van der Waals surface area contributed by atoms with Crippen LogP contribution < -0.4 is 5.32 Å². The summed E-state index contributed by atoms with van der Waals surface area (Å²) in [5.74, 6) is 1.04. The van der Waals surface area contributed by atoms with E-state index in [-0.39, 0.29) is 17.4 Å². The molecule has 1 aromatic heterocycles. The van der Waals surface area contributed by atoms with Crippen molar-refractivity contribution < 1.29 is 4.79 Å². The van der Waals surface area contributed by atoms with Crippen LogP contribution in [0.1, 0.15) is 64.2 Å². The maximum Gasteiger partial charge on any atom is 0.226 e. The van der Waals surface area contributed by atoms with Crippen molar-refractivity contribution in [1.82, 2.24) is 15.3 Å². The van der Waals surface area contributed by atoms with Crippen LogP contribution in [0.5, 0.6) is 0 Å². The third kappa shape index (κ3) is 2.74. The van der Waals surface area contributed by atoms with E-state index in [1.54, 1.807) is 12.4 Å². The monoisotopic (exact) mass is 249 g/mol. The average Bonchev–Trinajstić information content (AvgIpc) is 2.90. The Labute approximate surface area is 109 Å². The topological polar surface area (TPSA) is 57.8 Å². The lowest BCUT2D eigenvalue weighted by atomic mass is 9.75. The lowest BCUT2D eigenvalue weighted by Gasteiger charge is -2.33. The van der Waals surface area contributed by atoms with E-state index in [1.807, 2.05) is 0 Å². The van der Waals surface area contributed by atoms with Gasteiger partial charge in [-0.05, 0) is 19.3 Å². The zero-order chi connectivity index (χ0) is 13.0. The molecule has 0 radical (unpaired) electrons. The van der Waals surface area contributed by atoms with Crippen molar-refractivity contribution in [2.24, 2.45) is 5.41 Å². The second-order valence-electron chi connectivity index (χ2n) is 5.53. The molecule has 4 nitrogen and oxygen atoms in total. The largest absolute Gasteiger partial charge is 0.347 e. The van der Waals surface area contributed by atoms with Crippen LogP contribution in [0, 0.1) is 5.41 Å². The van der Waals surface area contributed by atoms with Crippen molar-refractivity contribution in [1.29, 1.82) is 0 Å². The highest BCUT2D eigenvalue weighted by Crippen LogP contribution is 2.36. The van der Waals surface area contributed by atoms with Gasteiger partial charge in [-0.2, -0.15) is 0 Å². The summed E-state index contributed by atoms with van der Waals surface area (Å²) in [6.45, 7) is 4.16. The zero-order valence-corrected chi connectivity index (χ0v) is 11.3. The number of aromatic amines is 1. The van der Waals surface area contributed by atoms with Crippen molar-refractivity contribution >= 4 is 5.91 Å². The van der Waals surface area contributed by atoms with Gasteiger partial charge in [0.2, 0.25) is 5.91 Å². The Morgan fingerprint density at radius 3 is 2.78 bits per heavy atom. The summed E-state index contributed by atoms with van der Waals surface area (Å²) in [5, 5.41) is 3.15. The van der Waals surface area contributed by atoms with E-state index < -0.39 is 0 Å². The number of nitrogens with one attached hydrogen (secondary N) is 2.